The number of allylic oxidation sites excluding steroid dienone is 4. The Kier molecular flexibility index (Phi) is 61.1. The minimum atomic E-state index is -1.51. The Morgan fingerprint density at radius 1 is 0.362 bits per heavy atom. The van der Waals surface area contributed by atoms with Gasteiger partial charge in [-0.25, -0.2) is 4.79 Å². The van der Waals surface area contributed by atoms with Crippen molar-refractivity contribution in [2.24, 2.45) is 0 Å². The van der Waals surface area contributed by atoms with Crippen molar-refractivity contribution in [3.63, 3.8) is 0 Å². The Balaban J connectivity index is 3.97. The average Bonchev–Trinajstić information content (AvgIpc) is 3.43. The van der Waals surface area contributed by atoms with E-state index in [2.05, 4.69) is 38.2 Å². The molecule has 0 spiro atoms. The predicted molar refractivity (Wildman–Crippen MR) is 341 cm³/mol. The highest BCUT2D eigenvalue weighted by atomic mass is 16.7. The number of aliphatic carboxylic acids is 1. The summed E-state index contributed by atoms with van der Waals surface area (Å²) in [6.07, 6.45) is 74.5. The Hall–Kier alpha value is -2.23. The zero-order valence-electron chi connectivity index (χ0n) is 54.0. The summed E-state index contributed by atoms with van der Waals surface area (Å²) in [7, 11) is 5.99. The van der Waals surface area contributed by atoms with Crippen LogP contribution < -0.4 is 0 Å². The molecule has 0 aromatic heterocycles. The molecular weight excluding hydrogens is 995 g/mol. The van der Waals surface area contributed by atoms with Crippen LogP contribution in [-0.4, -0.2) is 87.4 Å². The van der Waals surface area contributed by atoms with Crippen LogP contribution in [0.3, 0.4) is 0 Å². The molecule has 0 aromatic carbocycles. The molecule has 2 atom stereocenters. The van der Waals surface area contributed by atoms with Gasteiger partial charge in [0.15, 0.2) is 6.10 Å². The summed E-state index contributed by atoms with van der Waals surface area (Å²) in [6, 6.07) is 0. The number of ether oxygens (including phenoxy) is 4. The van der Waals surface area contributed by atoms with Crippen LogP contribution in [0.15, 0.2) is 24.3 Å². The third-order valence-corrected chi connectivity index (χ3v) is 15.9. The number of carbonyl (C=O) groups is 3. The molecule has 0 amide bonds. The highest BCUT2D eigenvalue weighted by molar-refractivity contribution is 5.71. The molecule has 0 bridgehead atoms. The second-order valence-corrected chi connectivity index (χ2v) is 25.2. The maximum atomic E-state index is 12.9. The maximum absolute atomic E-state index is 12.9. The Morgan fingerprint density at radius 2 is 0.637 bits per heavy atom. The molecule has 0 fully saturated rings. The average molecular weight is 1130 g/mol. The zero-order valence-corrected chi connectivity index (χ0v) is 54.0. The third-order valence-electron chi connectivity index (χ3n) is 15.9. The standard InChI is InChI=1S/C71H135NO8/c1-6-8-10-12-14-16-18-20-22-24-26-27-28-29-30-31-32-33-34-35-36-37-38-39-40-41-42-43-44-46-48-50-52-54-56-58-60-62-69(74)80-67(66-79-71(70(75)76)77-64-63-72(3,4)5)65-78-68(73)61-59-57-55-53-51-49-47-45-25-23-21-19-17-15-13-11-9-7-2/h23-26,67,71H,6-22,27-66H2,1-5H3/p+1/b25-23-,26-24-. The molecular formula is C71H136NO8+. The van der Waals surface area contributed by atoms with Crippen molar-refractivity contribution in [3.8, 4) is 0 Å². The fourth-order valence-electron chi connectivity index (χ4n) is 10.5. The number of carboxylic acids is 1. The van der Waals surface area contributed by atoms with Crippen LogP contribution >= 0.6 is 0 Å². The van der Waals surface area contributed by atoms with Crippen molar-refractivity contribution >= 4 is 17.9 Å². The van der Waals surface area contributed by atoms with Gasteiger partial charge in [0.25, 0.3) is 6.29 Å². The number of carbonyl (C=O) groups excluding carboxylic acids is 2. The summed E-state index contributed by atoms with van der Waals surface area (Å²) < 4.78 is 23.0. The monoisotopic (exact) mass is 1130 g/mol. The Labute approximate surface area is 497 Å². The van der Waals surface area contributed by atoms with Gasteiger partial charge in [0, 0.05) is 12.8 Å². The van der Waals surface area contributed by atoms with Gasteiger partial charge in [-0.15, -0.1) is 0 Å². The van der Waals surface area contributed by atoms with Gasteiger partial charge in [0.1, 0.15) is 13.2 Å². The number of hydrogen-bond acceptors (Lipinski definition) is 7. The minimum absolute atomic E-state index is 0.179. The van der Waals surface area contributed by atoms with Crippen molar-refractivity contribution in [3.05, 3.63) is 24.3 Å². The van der Waals surface area contributed by atoms with Crippen LogP contribution in [0.5, 0.6) is 0 Å². The number of esters is 2. The summed E-state index contributed by atoms with van der Waals surface area (Å²) in [5, 5.41) is 9.73. The Morgan fingerprint density at radius 3 is 0.925 bits per heavy atom. The summed E-state index contributed by atoms with van der Waals surface area (Å²) in [5.74, 6) is -1.98. The maximum Gasteiger partial charge on any atom is 0.361 e. The predicted octanol–water partition coefficient (Wildman–Crippen LogP) is 21.4. The second-order valence-electron chi connectivity index (χ2n) is 25.2. The van der Waals surface area contributed by atoms with E-state index in [1.54, 1.807) is 0 Å². The van der Waals surface area contributed by atoms with Gasteiger partial charge < -0.3 is 28.5 Å². The first-order valence-corrected chi connectivity index (χ1v) is 35.0. The molecule has 472 valence electrons. The number of unbranched alkanes of at least 4 members (excludes halogenated alkanes) is 47. The van der Waals surface area contributed by atoms with Crippen LogP contribution in [0.2, 0.25) is 0 Å². The molecule has 2 unspecified atom stereocenters. The smallest absolute Gasteiger partial charge is 0.361 e. The van der Waals surface area contributed by atoms with Gasteiger partial charge in [0.05, 0.1) is 34.4 Å². The molecule has 0 saturated heterocycles. The molecule has 0 heterocycles. The van der Waals surface area contributed by atoms with Gasteiger partial charge in [-0.05, 0) is 64.2 Å². The highest BCUT2D eigenvalue weighted by Crippen LogP contribution is 2.19. The molecule has 0 aromatic rings. The summed E-state index contributed by atoms with van der Waals surface area (Å²) >= 11 is 0. The topological polar surface area (TPSA) is 108 Å². The zero-order chi connectivity index (χ0) is 58.3. The molecule has 0 saturated carbocycles. The molecule has 9 nitrogen and oxygen atoms in total. The SMILES string of the molecule is CCCCCCCCC/C=C\CCCCCCCCCC(=O)OCC(COC(OCC[N+](C)(C)C)C(=O)O)OC(=O)CCCCCCCCCCCCCCCCCCCCCCCCCCC/C=C\CCCCCCCCCC. The highest BCUT2D eigenvalue weighted by Gasteiger charge is 2.25. The summed E-state index contributed by atoms with van der Waals surface area (Å²) in [4.78, 5) is 37.5. The molecule has 0 aliphatic rings. The summed E-state index contributed by atoms with van der Waals surface area (Å²) in [6.45, 7) is 4.93. The van der Waals surface area contributed by atoms with E-state index >= 15 is 0 Å². The number of quaternary nitrogens is 1. The van der Waals surface area contributed by atoms with Crippen LogP contribution in [0.25, 0.3) is 0 Å². The number of likely N-dealkylation sites (N-methyl/N-ethyl adjacent to an activating group) is 1. The van der Waals surface area contributed by atoms with Crippen LogP contribution in [0.4, 0.5) is 0 Å². The first-order chi connectivity index (χ1) is 39.1. The molecule has 1 N–H and O–H groups in total. The lowest BCUT2D eigenvalue weighted by atomic mass is 10.0. The first-order valence-electron chi connectivity index (χ1n) is 35.0. The molecule has 0 aliphatic carbocycles. The number of nitrogens with zero attached hydrogens (tertiary/aromatic N) is 1. The fraction of sp³-hybridized carbons (Fsp3) is 0.901. The summed E-state index contributed by atoms with van der Waals surface area (Å²) in [5.41, 5.74) is 0. The van der Waals surface area contributed by atoms with E-state index in [9.17, 15) is 19.5 Å². The number of carboxylic acid groups (broad SMARTS) is 1. The lowest BCUT2D eigenvalue weighted by Gasteiger charge is -2.25. The van der Waals surface area contributed by atoms with Crippen molar-refractivity contribution in [2.45, 2.75) is 367 Å². The van der Waals surface area contributed by atoms with E-state index in [0.29, 0.717) is 17.4 Å². The minimum Gasteiger partial charge on any atom is -0.477 e. The van der Waals surface area contributed by atoms with Gasteiger partial charge in [0.2, 0.25) is 0 Å². The van der Waals surface area contributed by atoms with E-state index in [4.69, 9.17) is 18.9 Å². The van der Waals surface area contributed by atoms with Crippen molar-refractivity contribution < 1.29 is 42.9 Å². The molecule has 80 heavy (non-hydrogen) atoms. The van der Waals surface area contributed by atoms with E-state index in [0.717, 1.165) is 38.5 Å². The number of hydrogen-bond donors (Lipinski definition) is 1. The van der Waals surface area contributed by atoms with Crippen molar-refractivity contribution in [1.29, 1.82) is 0 Å². The van der Waals surface area contributed by atoms with Crippen LogP contribution in [0.1, 0.15) is 354 Å². The molecule has 0 aliphatic heterocycles. The van der Waals surface area contributed by atoms with E-state index in [1.807, 2.05) is 21.1 Å². The molecule has 9 heteroatoms. The third kappa shape index (κ3) is 63.4. The normalized spacial score (nSPS) is 12.8. The Bertz CT molecular complexity index is 1360. The van der Waals surface area contributed by atoms with E-state index < -0.39 is 18.4 Å². The van der Waals surface area contributed by atoms with Crippen LogP contribution in [-0.2, 0) is 33.3 Å². The van der Waals surface area contributed by atoms with E-state index in [-0.39, 0.29) is 38.2 Å². The molecule has 0 rings (SSSR count). The van der Waals surface area contributed by atoms with Crippen molar-refractivity contribution in [2.75, 3.05) is 47.5 Å². The van der Waals surface area contributed by atoms with E-state index in [1.165, 1.54) is 289 Å². The fourth-order valence-corrected chi connectivity index (χ4v) is 10.5. The van der Waals surface area contributed by atoms with Gasteiger partial charge in [-0.3, -0.25) is 9.59 Å². The first kappa shape index (κ1) is 77.8. The van der Waals surface area contributed by atoms with Gasteiger partial charge >= 0.3 is 17.9 Å². The second kappa shape index (κ2) is 62.8. The number of rotatable bonds is 66. The van der Waals surface area contributed by atoms with Gasteiger partial charge in [-0.1, -0.05) is 301 Å². The molecule has 0 radical (unpaired) electrons. The quantitative estimate of drug-likeness (QED) is 0.0211. The lowest BCUT2D eigenvalue weighted by Crippen LogP contribution is -2.40. The van der Waals surface area contributed by atoms with Crippen molar-refractivity contribution in [1.82, 2.24) is 0 Å². The van der Waals surface area contributed by atoms with Gasteiger partial charge in [-0.2, -0.15) is 0 Å². The van der Waals surface area contributed by atoms with Crippen LogP contribution in [0, 0.1) is 0 Å². The lowest BCUT2D eigenvalue weighted by molar-refractivity contribution is -0.870. The largest absolute Gasteiger partial charge is 0.477 e.